The van der Waals surface area contributed by atoms with Crippen LogP contribution in [0.5, 0.6) is 0 Å². The van der Waals surface area contributed by atoms with Gasteiger partial charge >= 0.3 is 0 Å². The smallest absolute Gasteiger partial charge is 0.155 e. The van der Waals surface area contributed by atoms with Crippen LogP contribution in [-0.4, -0.2) is 37.2 Å². The van der Waals surface area contributed by atoms with Crippen LogP contribution in [0.2, 0.25) is 0 Å². The Morgan fingerprint density at radius 3 is 2.71 bits per heavy atom. The van der Waals surface area contributed by atoms with E-state index in [-0.39, 0.29) is 17.2 Å². The highest BCUT2D eigenvalue weighted by molar-refractivity contribution is 9.10. The maximum Gasteiger partial charge on any atom is 0.155 e. The fraction of sp³-hybridized carbons (Fsp3) is 0.400. The van der Waals surface area contributed by atoms with Crippen LogP contribution in [0.3, 0.4) is 0 Å². The van der Waals surface area contributed by atoms with Gasteiger partial charge in [-0.25, -0.2) is 12.8 Å². The lowest BCUT2D eigenvalue weighted by molar-refractivity contribution is 0.190. The Bertz CT molecular complexity index is 534. The van der Waals surface area contributed by atoms with Crippen molar-refractivity contribution in [3.8, 4) is 0 Å². The molecule has 0 amide bonds. The second-order valence-corrected chi connectivity index (χ2v) is 7.09. The van der Waals surface area contributed by atoms with E-state index in [1.807, 2.05) is 0 Å². The van der Waals surface area contributed by atoms with Crippen molar-refractivity contribution in [2.75, 3.05) is 16.8 Å². The van der Waals surface area contributed by atoms with Crippen molar-refractivity contribution in [2.45, 2.75) is 12.1 Å². The van der Waals surface area contributed by atoms with Gasteiger partial charge in [-0.2, -0.15) is 0 Å². The molecule has 1 aliphatic heterocycles. The fourth-order valence-corrected chi connectivity index (χ4v) is 3.88. The van der Waals surface area contributed by atoms with Crippen LogP contribution in [0.15, 0.2) is 22.7 Å². The summed E-state index contributed by atoms with van der Waals surface area (Å²) in [5.74, 6) is -0.940. The van der Waals surface area contributed by atoms with Crippen molar-refractivity contribution >= 4 is 31.5 Å². The lowest BCUT2D eigenvalue weighted by Gasteiger charge is -2.16. The van der Waals surface area contributed by atoms with E-state index in [1.54, 1.807) is 6.07 Å². The minimum Gasteiger partial charge on any atom is -0.390 e. The van der Waals surface area contributed by atoms with Gasteiger partial charge in [0.15, 0.2) is 9.84 Å². The van der Waals surface area contributed by atoms with Gasteiger partial charge in [0.2, 0.25) is 0 Å². The zero-order valence-corrected chi connectivity index (χ0v) is 11.1. The van der Waals surface area contributed by atoms with E-state index in [4.69, 9.17) is 0 Å². The lowest BCUT2D eigenvalue weighted by atomic mass is 10.2. The topological polar surface area (TPSA) is 66.4 Å². The number of hydrogen-bond donors (Lipinski definition) is 2. The maximum atomic E-state index is 13.4. The summed E-state index contributed by atoms with van der Waals surface area (Å²) < 4.78 is 36.7. The van der Waals surface area contributed by atoms with Crippen LogP contribution >= 0.6 is 15.9 Å². The highest BCUT2D eigenvalue weighted by Crippen LogP contribution is 2.23. The monoisotopic (exact) mass is 323 g/mol. The van der Waals surface area contributed by atoms with Crippen LogP contribution in [0.1, 0.15) is 0 Å². The first-order valence-corrected chi connectivity index (χ1v) is 7.59. The quantitative estimate of drug-likeness (QED) is 0.857. The van der Waals surface area contributed by atoms with Gasteiger partial charge in [0.05, 0.1) is 29.3 Å². The van der Waals surface area contributed by atoms with Gasteiger partial charge in [-0.1, -0.05) is 15.9 Å². The predicted octanol–water partition coefficient (Wildman–Crippen LogP) is 1.16. The van der Waals surface area contributed by atoms with Gasteiger partial charge in [0, 0.05) is 4.47 Å². The molecule has 4 nitrogen and oxygen atoms in total. The molecule has 1 fully saturated rings. The summed E-state index contributed by atoms with van der Waals surface area (Å²) >= 11 is 3.20. The van der Waals surface area contributed by atoms with Crippen molar-refractivity contribution < 1.29 is 17.9 Å². The first-order valence-electron chi connectivity index (χ1n) is 4.97. The average molecular weight is 324 g/mol. The Kier molecular flexibility index (Phi) is 3.42. The molecule has 0 radical (unpaired) electrons. The molecule has 94 valence electrons. The van der Waals surface area contributed by atoms with E-state index >= 15 is 0 Å². The van der Waals surface area contributed by atoms with Crippen LogP contribution < -0.4 is 5.32 Å². The lowest BCUT2D eigenvalue weighted by Crippen LogP contribution is -2.32. The minimum atomic E-state index is -3.23. The number of anilines is 1. The first kappa shape index (κ1) is 12.8. The number of sulfone groups is 1. The molecule has 0 aromatic heterocycles. The number of hydrogen-bond acceptors (Lipinski definition) is 4. The van der Waals surface area contributed by atoms with E-state index in [9.17, 15) is 17.9 Å². The third-order valence-electron chi connectivity index (χ3n) is 2.59. The highest BCUT2D eigenvalue weighted by atomic mass is 79.9. The number of aliphatic hydroxyl groups is 1. The normalized spacial score (nSPS) is 27.0. The van der Waals surface area contributed by atoms with Gasteiger partial charge < -0.3 is 10.4 Å². The largest absolute Gasteiger partial charge is 0.390 e. The van der Waals surface area contributed by atoms with E-state index in [0.717, 1.165) is 0 Å². The number of nitrogens with one attached hydrogen (secondary N) is 1. The second kappa shape index (κ2) is 4.55. The van der Waals surface area contributed by atoms with Crippen molar-refractivity contribution in [2.24, 2.45) is 0 Å². The summed E-state index contributed by atoms with van der Waals surface area (Å²) in [6.45, 7) is 0. The van der Waals surface area contributed by atoms with Crippen LogP contribution in [0.4, 0.5) is 10.1 Å². The second-order valence-electron chi connectivity index (χ2n) is 4.02. The molecule has 1 saturated heterocycles. The molecule has 2 N–H and O–H groups in total. The Morgan fingerprint density at radius 1 is 1.41 bits per heavy atom. The molecule has 1 aromatic carbocycles. The summed E-state index contributed by atoms with van der Waals surface area (Å²) in [7, 11) is -3.23. The molecular formula is C10H11BrFNO3S. The summed E-state index contributed by atoms with van der Waals surface area (Å²) in [6, 6.07) is 3.65. The minimum absolute atomic E-state index is 0.180. The predicted molar refractivity (Wildman–Crippen MR) is 66.2 cm³/mol. The van der Waals surface area contributed by atoms with Gasteiger partial charge in [0.1, 0.15) is 5.82 Å². The van der Waals surface area contributed by atoms with Gasteiger partial charge in [-0.15, -0.1) is 0 Å². The number of rotatable bonds is 2. The van der Waals surface area contributed by atoms with Crippen LogP contribution in [0.25, 0.3) is 0 Å². The molecule has 0 saturated carbocycles. The number of halogens is 2. The molecule has 1 aromatic rings. The van der Waals surface area contributed by atoms with Gasteiger partial charge in [-0.3, -0.25) is 0 Å². The maximum absolute atomic E-state index is 13.4. The number of aliphatic hydroxyl groups excluding tert-OH is 1. The molecule has 7 heteroatoms. The van der Waals surface area contributed by atoms with Crippen LogP contribution in [-0.2, 0) is 9.84 Å². The fourth-order valence-electron chi connectivity index (χ4n) is 1.77. The third kappa shape index (κ3) is 2.97. The van der Waals surface area contributed by atoms with Crippen molar-refractivity contribution in [1.29, 1.82) is 0 Å². The molecule has 0 spiro atoms. The van der Waals surface area contributed by atoms with Crippen molar-refractivity contribution in [1.82, 2.24) is 0 Å². The summed E-state index contributed by atoms with van der Waals surface area (Å²) in [4.78, 5) is 0. The zero-order chi connectivity index (χ0) is 12.6. The van der Waals surface area contributed by atoms with E-state index < -0.39 is 27.8 Å². The van der Waals surface area contributed by atoms with Gasteiger partial charge in [0.25, 0.3) is 0 Å². The third-order valence-corrected chi connectivity index (χ3v) is 4.80. The molecule has 0 aliphatic carbocycles. The van der Waals surface area contributed by atoms with Crippen LogP contribution in [0, 0.1) is 5.82 Å². The van der Waals surface area contributed by atoms with E-state index in [1.165, 1.54) is 12.1 Å². The molecule has 1 heterocycles. The van der Waals surface area contributed by atoms with Crippen molar-refractivity contribution in [3.63, 3.8) is 0 Å². The molecule has 0 bridgehead atoms. The number of benzene rings is 1. The first-order chi connectivity index (χ1) is 7.87. The molecule has 2 unspecified atom stereocenters. The average Bonchev–Trinajstić information content (AvgIpc) is 2.46. The van der Waals surface area contributed by atoms with Gasteiger partial charge in [-0.05, 0) is 18.2 Å². The molecule has 1 aliphatic rings. The summed E-state index contributed by atoms with van der Waals surface area (Å²) in [5.41, 5.74) is 0.181. The van der Waals surface area contributed by atoms with E-state index in [2.05, 4.69) is 21.2 Å². The standard InChI is InChI=1S/C10H11BrFNO3S/c11-6-1-2-7(12)8(3-6)13-9-4-17(15,16)5-10(9)14/h1-3,9-10,13-14H,4-5H2. The summed E-state index contributed by atoms with van der Waals surface area (Å²) in [6.07, 6.45) is -1.00. The molecule has 2 atom stereocenters. The Balaban J connectivity index is 2.19. The Hall–Kier alpha value is -0.660. The Labute approximate surface area is 107 Å². The zero-order valence-electron chi connectivity index (χ0n) is 8.73. The summed E-state index contributed by atoms with van der Waals surface area (Å²) in [5, 5.41) is 12.3. The van der Waals surface area contributed by atoms with Crippen molar-refractivity contribution in [3.05, 3.63) is 28.5 Å². The van der Waals surface area contributed by atoms with E-state index in [0.29, 0.717) is 4.47 Å². The molecular weight excluding hydrogens is 313 g/mol. The Morgan fingerprint density at radius 2 is 2.12 bits per heavy atom. The molecule has 17 heavy (non-hydrogen) atoms. The molecule has 2 rings (SSSR count). The highest BCUT2D eigenvalue weighted by Gasteiger charge is 2.36. The SMILES string of the molecule is O=S1(=O)CC(O)C(Nc2cc(Br)ccc2F)C1.